The Kier molecular flexibility index (Phi) is 4.93. The fourth-order valence-corrected chi connectivity index (χ4v) is 1.51. The molecular weight excluding hydrogens is 200 g/mol. The Morgan fingerprint density at radius 3 is 2.40 bits per heavy atom. The number of rotatable bonds is 3. The SMILES string of the molecule is CC(=O)OCOC(=O)OC1CCCCC1. The van der Waals surface area contributed by atoms with Crippen LogP contribution in [0.4, 0.5) is 4.79 Å². The third-order valence-electron chi connectivity index (χ3n) is 2.25. The smallest absolute Gasteiger partial charge is 0.431 e. The van der Waals surface area contributed by atoms with E-state index in [0.29, 0.717) is 0 Å². The molecule has 1 aliphatic rings. The average molecular weight is 216 g/mol. The van der Waals surface area contributed by atoms with Crippen molar-refractivity contribution in [1.82, 2.24) is 0 Å². The van der Waals surface area contributed by atoms with Crippen molar-refractivity contribution < 1.29 is 23.8 Å². The molecule has 0 aromatic carbocycles. The second kappa shape index (κ2) is 6.27. The van der Waals surface area contributed by atoms with E-state index in [-0.39, 0.29) is 12.9 Å². The monoisotopic (exact) mass is 216 g/mol. The molecule has 0 spiro atoms. The number of hydrogen-bond acceptors (Lipinski definition) is 5. The maximum Gasteiger partial charge on any atom is 0.511 e. The topological polar surface area (TPSA) is 61.8 Å². The molecule has 1 aliphatic carbocycles. The van der Waals surface area contributed by atoms with Gasteiger partial charge in [0.15, 0.2) is 0 Å². The van der Waals surface area contributed by atoms with Crippen molar-refractivity contribution in [3.05, 3.63) is 0 Å². The summed E-state index contributed by atoms with van der Waals surface area (Å²) in [4.78, 5) is 21.4. The molecule has 1 fully saturated rings. The van der Waals surface area contributed by atoms with Crippen LogP contribution in [0.15, 0.2) is 0 Å². The first-order valence-corrected chi connectivity index (χ1v) is 5.15. The number of carbonyl (C=O) groups is 2. The molecule has 0 heterocycles. The standard InChI is InChI=1S/C10H16O5/c1-8(11)13-7-14-10(12)15-9-5-3-2-4-6-9/h9H,2-7H2,1H3. The van der Waals surface area contributed by atoms with E-state index in [1.807, 2.05) is 0 Å². The van der Waals surface area contributed by atoms with E-state index in [0.717, 1.165) is 25.7 Å². The first-order valence-electron chi connectivity index (χ1n) is 5.15. The highest BCUT2D eigenvalue weighted by Crippen LogP contribution is 2.20. The fraction of sp³-hybridized carbons (Fsp3) is 0.800. The third-order valence-corrected chi connectivity index (χ3v) is 2.25. The highest BCUT2D eigenvalue weighted by molar-refractivity contribution is 5.66. The number of esters is 1. The van der Waals surface area contributed by atoms with Gasteiger partial charge in [-0.15, -0.1) is 0 Å². The lowest BCUT2D eigenvalue weighted by Crippen LogP contribution is -2.22. The molecule has 0 bridgehead atoms. The first kappa shape index (κ1) is 11.8. The van der Waals surface area contributed by atoms with Crippen LogP contribution in [0, 0.1) is 0 Å². The normalized spacial score (nSPS) is 16.9. The second-order valence-corrected chi connectivity index (χ2v) is 3.53. The van der Waals surface area contributed by atoms with Gasteiger partial charge < -0.3 is 14.2 Å². The molecule has 1 rings (SSSR count). The second-order valence-electron chi connectivity index (χ2n) is 3.53. The van der Waals surface area contributed by atoms with Gasteiger partial charge in [0.25, 0.3) is 0 Å². The molecule has 5 heteroatoms. The minimum atomic E-state index is -0.761. The molecule has 0 N–H and O–H groups in total. The molecule has 1 saturated carbocycles. The largest absolute Gasteiger partial charge is 0.511 e. The van der Waals surface area contributed by atoms with E-state index in [4.69, 9.17) is 4.74 Å². The summed E-state index contributed by atoms with van der Waals surface area (Å²) in [6, 6.07) is 0. The van der Waals surface area contributed by atoms with Gasteiger partial charge >= 0.3 is 12.1 Å². The zero-order valence-electron chi connectivity index (χ0n) is 8.86. The summed E-state index contributed by atoms with van der Waals surface area (Å²) in [6.45, 7) is 0.872. The summed E-state index contributed by atoms with van der Waals surface area (Å²) in [5.74, 6) is -0.486. The molecule has 0 aromatic heterocycles. The lowest BCUT2D eigenvalue weighted by molar-refractivity contribution is -0.151. The van der Waals surface area contributed by atoms with E-state index in [2.05, 4.69) is 9.47 Å². The maximum absolute atomic E-state index is 11.1. The van der Waals surface area contributed by atoms with Crippen molar-refractivity contribution >= 4 is 12.1 Å². The van der Waals surface area contributed by atoms with Crippen molar-refractivity contribution in [3.63, 3.8) is 0 Å². The van der Waals surface area contributed by atoms with E-state index < -0.39 is 12.1 Å². The van der Waals surface area contributed by atoms with Crippen molar-refractivity contribution in [3.8, 4) is 0 Å². The summed E-state index contributed by atoms with van der Waals surface area (Å²) in [5.41, 5.74) is 0. The van der Waals surface area contributed by atoms with Crippen LogP contribution in [0.3, 0.4) is 0 Å². The van der Waals surface area contributed by atoms with Gasteiger partial charge in [0.1, 0.15) is 6.10 Å². The predicted molar refractivity (Wildman–Crippen MR) is 51.1 cm³/mol. The van der Waals surface area contributed by atoms with Gasteiger partial charge in [-0.3, -0.25) is 4.79 Å². The van der Waals surface area contributed by atoms with Gasteiger partial charge in [-0.1, -0.05) is 6.42 Å². The van der Waals surface area contributed by atoms with E-state index >= 15 is 0 Å². The number of hydrogen-bond donors (Lipinski definition) is 0. The Hall–Kier alpha value is -1.26. The summed E-state index contributed by atoms with van der Waals surface area (Å²) >= 11 is 0. The Labute approximate surface area is 88.7 Å². The van der Waals surface area contributed by atoms with Gasteiger partial charge in [-0.25, -0.2) is 4.79 Å². The zero-order valence-corrected chi connectivity index (χ0v) is 8.86. The first-order chi connectivity index (χ1) is 7.18. The van der Waals surface area contributed by atoms with Crippen LogP contribution >= 0.6 is 0 Å². The summed E-state index contributed by atoms with van der Waals surface area (Å²) in [5, 5.41) is 0. The number of ether oxygens (including phenoxy) is 3. The van der Waals surface area contributed by atoms with Crippen molar-refractivity contribution in [2.75, 3.05) is 6.79 Å². The highest BCUT2D eigenvalue weighted by atomic mass is 16.8. The molecular formula is C10H16O5. The van der Waals surface area contributed by atoms with Crippen molar-refractivity contribution in [1.29, 1.82) is 0 Å². The van der Waals surface area contributed by atoms with Crippen LogP contribution in [-0.4, -0.2) is 25.0 Å². The summed E-state index contributed by atoms with van der Waals surface area (Å²) in [6.07, 6.45) is 4.35. The van der Waals surface area contributed by atoms with Crippen LogP contribution in [-0.2, 0) is 19.0 Å². The van der Waals surface area contributed by atoms with E-state index in [1.54, 1.807) is 0 Å². The molecule has 15 heavy (non-hydrogen) atoms. The van der Waals surface area contributed by atoms with Gasteiger partial charge in [0.2, 0.25) is 6.79 Å². The zero-order chi connectivity index (χ0) is 11.1. The lowest BCUT2D eigenvalue weighted by atomic mass is 9.98. The van der Waals surface area contributed by atoms with E-state index in [9.17, 15) is 9.59 Å². The minimum absolute atomic E-state index is 0.0384. The molecule has 0 saturated heterocycles. The molecule has 0 unspecified atom stereocenters. The molecule has 0 aliphatic heterocycles. The summed E-state index contributed by atoms with van der Waals surface area (Å²) < 4.78 is 14.0. The Balaban J connectivity index is 2.09. The quantitative estimate of drug-likeness (QED) is 0.533. The highest BCUT2D eigenvalue weighted by Gasteiger charge is 2.18. The van der Waals surface area contributed by atoms with Crippen LogP contribution < -0.4 is 0 Å². The Bertz CT molecular complexity index is 220. The Morgan fingerprint density at radius 2 is 1.80 bits per heavy atom. The Morgan fingerprint density at radius 1 is 1.13 bits per heavy atom. The lowest BCUT2D eigenvalue weighted by Gasteiger charge is -2.21. The van der Waals surface area contributed by atoms with Gasteiger partial charge in [-0.05, 0) is 25.7 Å². The van der Waals surface area contributed by atoms with Crippen LogP contribution in [0.25, 0.3) is 0 Å². The minimum Gasteiger partial charge on any atom is -0.431 e. The number of carbonyl (C=O) groups excluding carboxylic acids is 2. The predicted octanol–water partition coefficient (Wildman–Crippen LogP) is 1.99. The summed E-state index contributed by atoms with van der Waals surface area (Å²) in [7, 11) is 0. The van der Waals surface area contributed by atoms with Crippen molar-refractivity contribution in [2.24, 2.45) is 0 Å². The maximum atomic E-state index is 11.1. The van der Waals surface area contributed by atoms with Gasteiger partial charge in [0, 0.05) is 6.92 Å². The van der Waals surface area contributed by atoms with Crippen LogP contribution in [0.1, 0.15) is 39.0 Å². The van der Waals surface area contributed by atoms with Gasteiger partial charge in [0.05, 0.1) is 0 Å². The van der Waals surface area contributed by atoms with E-state index in [1.165, 1.54) is 13.3 Å². The third kappa shape index (κ3) is 5.24. The molecule has 0 amide bonds. The molecule has 5 nitrogen and oxygen atoms in total. The fourth-order valence-electron chi connectivity index (χ4n) is 1.51. The molecule has 0 aromatic rings. The average Bonchev–Trinajstić information content (AvgIpc) is 2.18. The van der Waals surface area contributed by atoms with Crippen molar-refractivity contribution in [2.45, 2.75) is 45.1 Å². The van der Waals surface area contributed by atoms with Gasteiger partial charge in [-0.2, -0.15) is 0 Å². The molecule has 0 radical (unpaired) electrons. The molecule has 0 atom stereocenters. The van der Waals surface area contributed by atoms with Crippen LogP contribution in [0.5, 0.6) is 0 Å². The molecule has 86 valence electrons. The van der Waals surface area contributed by atoms with Crippen LogP contribution in [0.2, 0.25) is 0 Å².